The number of carbonyl (C=O) groups excluding carboxylic acids is 1. The third-order valence-corrected chi connectivity index (χ3v) is 7.75. The molecule has 29 heavy (non-hydrogen) atoms. The molecule has 2 aliphatic heterocycles. The number of hydrogen-bond donors (Lipinski definition) is 1. The van der Waals surface area contributed by atoms with Crippen LogP contribution in [-0.4, -0.2) is 55.5 Å². The van der Waals surface area contributed by atoms with Gasteiger partial charge in [0.1, 0.15) is 11.8 Å². The first kappa shape index (κ1) is 19.2. The number of aldehydes is 1. The highest BCUT2D eigenvalue weighted by molar-refractivity contribution is 5.78. The van der Waals surface area contributed by atoms with Crippen LogP contribution in [0.1, 0.15) is 57.6 Å². The van der Waals surface area contributed by atoms with E-state index in [4.69, 9.17) is 0 Å². The largest absolute Gasteiger partial charge is 0.390 e. The van der Waals surface area contributed by atoms with Gasteiger partial charge < -0.3 is 9.90 Å². The van der Waals surface area contributed by atoms with Gasteiger partial charge in [-0.05, 0) is 62.5 Å². The molecule has 4 fully saturated rings. The van der Waals surface area contributed by atoms with Crippen LogP contribution in [0.15, 0.2) is 18.2 Å². The molecule has 2 saturated carbocycles. The summed E-state index contributed by atoms with van der Waals surface area (Å²) in [5.41, 5.74) is 2.57. The zero-order valence-electron chi connectivity index (χ0n) is 17.7. The predicted molar refractivity (Wildman–Crippen MR) is 112 cm³/mol. The molecule has 6 nitrogen and oxygen atoms in total. The summed E-state index contributed by atoms with van der Waals surface area (Å²) >= 11 is 0. The van der Waals surface area contributed by atoms with Crippen LogP contribution in [0, 0.1) is 24.7 Å². The molecule has 4 aliphatic rings. The molecule has 0 amide bonds. The lowest BCUT2D eigenvalue weighted by molar-refractivity contribution is -0.161. The summed E-state index contributed by atoms with van der Waals surface area (Å²) in [6, 6.07) is 6.94. The van der Waals surface area contributed by atoms with E-state index < -0.39 is 5.60 Å². The maximum atomic E-state index is 12.3. The summed E-state index contributed by atoms with van der Waals surface area (Å²) in [7, 11) is 0. The Morgan fingerprint density at radius 2 is 1.97 bits per heavy atom. The second kappa shape index (κ2) is 6.88. The van der Waals surface area contributed by atoms with Crippen LogP contribution in [0.25, 0.3) is 11.0 Å². The zero-order chi connectivity index (χ0) is 20.3. The van der Waals surface area contributed by atoms with Crippen LogP contribution in [0.3, 0.4) is 0 Å². The van der Waals surface area contributed by atoms with Crippen molar-refractivity contribution in [2.24, 2.45) is 17.8 Å². The molecule has 0 radical (unpaired) electrons. The summed E-state index contributed by atoms with van der Waals surface area (Å²) in [5, 5.41) is 19.8. The van der Waals surface area contributed by atoms with Gasteiger partial charge in [0.15, 0.2) is 0 Å². The number of aliphatic hydroxyl groups is 1. The van der Waals surface area contributed by atoms with Gasteiger partial charge >= 0.3 is 0 Å². The number of piperidine rings is 2. The summed E-state index contributed by atoms with van der Waals surface area (Å²) in [6.45, 7) is 7.13. The monoisotopic (exact) mass is 396 g/mol. The van der Waals surface area contributed by atoms with Crippen molar-refractivity contribution in [3.63, 3.8) is 0 Å². The molecule has 6 heteroatoms. The van der Waals surface area contributed by atoms with Gasteiger partial charge in [-0.1, -0.05) is 31.2 Å². The van der Waals surface area contributed by atoms with Crippen LogP contribution >= 0.6 is 0 Å². The third kappa shape index (κ3) is 3.12. The van der Waals surface area contributed by atoms with E-state index in [0.717, 1.165) is 48.7 Å². The molecular weight excluding hydrogens is 364 g/mol. The fourth-order valence-electron chi connectivity index (χ4n) is 6.72. The van der Waals surface area contributed by atoms with Gasteiger partial charge in [0.2, 0.25) is 0 Å². The molecule has 6 rings (SSSR count). The maximum Gasteiger partial charge on any atom is 0.126 e. The van der Waals surface area contributed by atoms with Crippen LogP contribution < -0.4 is 0 Å². The predicted octanol–water partition coefficient (Wildman–Crippen LogP) is 3.13. The standard InChI is InChI=1S/C23H32N4O2/c1-14(2)22(27-20-6-4-5-15(3)21(20)24-25-27)17(13-28)12-26-18-7-16-8-19(26)11-23(29,9-16)10-18/h4-6,13-14,16-19,22,29H,7-12H2,1-3H3. The first-order valence-electron chi connectivity index (χ1n) is 11.1. The minimum absolute atomic E-state index is 0.0282. The van der Waals surface area contributed by atoms with Crippen molar-refractivity contribution in [3.8, 4) is 0 Å². The van der Waals surface area contributed by atoms with Gasteiger partial charge in [-0.25, -0.2) is 4.68 Å². The van der Waals surface area contributed by atoms with E-state index >= 15 is 0 Å². The molecular formula is C23H32N4O2. The lowest BCUT2D eigenvalue weighted by Gasteiger charge is -2.60. The Kier molecular flexibility index (Phi) is 4.55. The molecule has 1 aromatic heterocycles. The Morgan fingerprint density at radius 3 is 2.59 bits per heavy atom. The number of aromatic nitrogens is 3. The van der Waals surface area contributed by atoms with Gasteiger partial charge in [-0.15, -0.1) is 5.10 Å². The first-order chi connectivity index (χ1) is 13.9. The Hall–Kier alpha value is -1.79. The van der Waals surface area contributed by atoms with Crippen molar-refractivity contribution in [2.75, 3.05) is 6.54 Å². The Bertz CT molecular complexity index is 907. The maximum absolute atomic E-state index is 12.3. The highest BCUT2D eigenvalue weighted by Crippen LogP contribution is 2.51. The van der Waals surface area contributed by atoms with Crippen molar-refractivity contribution in [1.82, 2.24) is 19.9 Å². The number of rotatable bonds is 6. The topological polar surface area (TPSA) is 71.2 Å². The van der Waals surface area contributed by atoms with Gasteiger partial charge in [0, 0.05) is 18.6 Å². The smallest absolute Gasteiger partial charge is 0.126 e. The summed E-state index contributed by atoms with van der Waals surface area (Å²) < 4.78 is 1.98. The number of benzene rings is 1. The van der Waals surface area contributed by atoms with Crippen LogP contribution in [0.2, 0.25) is 0 Å². The highest BCUT2D eigenvalue weighted by Gasteiger charge is 2.54. The van der Waals surface area contributed by atoms with E-state index in [9.17, 15) is 9.90 Å². The second-order valence-electron chi connectivity index (χ2n) is 10.2. The highest BCUT2D eigenvalue weighted by atomic mass is 16.3. The summed E-state index contributed by atoms with van der Waals surface area (Å²) in [6.07, 6.45) is 6.18. The van der Waals surface area contributed by atoms with Gasteiger partial charge in [-0.3, -0.25) is 4.90 Å². The molecule has 1 N–H and O–H groups in total. The fourth-order valence-corrected chi connectivity index (χ4v) is 6.72. The molecule has 3 heterocycles. The Balaban J connectivity index is 1.45. The molecule has 4 bridgehead atoms. The fraction of sp³-hybridized carbons (Fsp3) is 0.696. The molecule has 2 aromatic rings. The van der Waals surface area contributed by atoms with Crippen LogP contribution in [-0.2, 0) is 4.79 Å². The van der Waals surface area contributed by atoms with Gasteiger partial charge in [0.05, 0.1) is 23.1 Å². The van der Waals surface area contributed by atoms with Crippen LogP contribution in [0.4, 0.5) is 0 Å². The van der Waals surface area contributed by atoms with Crippen LogP contribution in [0.5, 0.6) is 0 Å². The van der Waals surface area contributed by atoms with E-state index in [1.165, 1.54) is 12.8 Å². The normalized spacial score (nSPS) is 33.5. The summed E-state index contributed by atoms with van der Waals surface area (Å²) in [4.78, 5) is 14.9. The van der Waals surface area contributed by atoms with Crippen molar-refractivity contribution < 1.29 is 9.90 Å². The average Bonchev–Trinajstić information content (AvgIpc) is 3.07. The van der Waals surface area contributed by atoms with Crippen molar-refractivity contribution in [3.05, 3.63) is 23.8 Å². The van der Waals surface area contributed by atoms with Crippen molar-refractivity contribution in [2.45, 2.75) is 76.6 Å². The Morgan fingerprint density at radius 1 is 1.24 bits per heavy atom. The molecule has 4 unspecified atom stereocenters. The lowest BCUT2D eigenvalue weighted by Crippen LogP contribution is -2.65. The molecule has 1 aromatic carbocycles. The Labute approximate surface area is 172 Å². The van der Waals surface area contributed by atoms with E-state index in [2.05, 4.69) is 35.1 Å². The minimum atomic E-state index is -0.458. The second-order valence-corrected chi connectivity index (χ2v) is 10.2. The SMILES string of the molecule is Cc1cccc2c1nnn2C(C(C)C)C(C=O)CN1C2CC3CC1CC(O)(C3)C2. The minimum Gasteiger partial charge on any atom is -0.390 e. The number of aryl methyl sites for hydroxylation is 1. The molecule has 4 atom stereocenters. The quantitative estimate of drug-likeness (QED) is 0.760. The average molecular weight is 397 g/mol. The third-order valence-electron chi connectivity index (χ3n) is 7.75. The first-order valence-corrected chi connectivity index (χ1v) is 11.1. The van der Waals surface area contributed by atoms with Crippen molar-refractivity contribution >= 4 is 17.3 Å². The molecule has 2 aliphatic carbocycles. The number of fused-ring (bicyclic) bond motifs is 1. The van der Waals surface area contributed by atoms with E-state index in [-0.39, 0.29) is 17.9 Å². The van der Waals surface area contributed by atoms with E-state index in [1.54, 1.807) is 0 Å². The van der Waals surface area contributed by atoms with Gasteiger partial charge in [-0.2, -0.15) is 0 Å². The van der Waals surface area contributed by atoms with Crippen molar-refractivity contribution in [1.29, 1.82) is 0 Å². The summed E-state index contributed by atoms with van der Waals surface area (Å²) in [5.74, 6) is 0.775. The molecule has 156 valence electrons. The molecule has 2 saturated heterocycles. The van der Waals surface area contributed by atoms with Gasteiger partial charge in [0.25, 0.3) is 0 Å². The zero-order valence-corrected chi connectivity index (χ0v) is 17.7. The number of hydrogen-bond acceptors (Lipinski definition) is 5. The van der Waals surface area contributed by atoms with E-state index in [0.29, 0.717) is 18.0 Å². The molecule has 0 spiro atoms. The van der Waals surface area contributed by atoms with E-state index in [1.807, 2.05) is 23.7 Å². The lowest BCUT2D eigenvalue weighted by atomic mass is 9.61. The number of nitrogens with zero attached hydrogens (tertiary/aromatic N) is 4. The number of carbonyl (C=O) groups is 1.